The van der Waals surface area contributed by atoms with Crippen LogP contribution in [0.15, 0.2) is 24.3 Å². The Morgan fingerprint density at radius 2 is 2.12 bits per heavy atom. The maximum absolute atomic E-state index is 12.6. The third-order valence-electron chi connectivity index (χ3n) is 3.83. The number of nitro groups is 1. The average molecular weight is 357 g/mol. The lowest BCUT2D eigenvalue weighted by atomic mass is 10.2. The van der Waals surface area contributed by atoms with Gasteiger partial charge in [0.25, 0.3) is 11.6 Å². The van der Waals surface area contributed by atoms with Gasteiger partial charge in [-0.15, -0.1) is 11.3 Å². The summed E-state index contributed by atoms with van der Waals surface area (Å²) in [6, 6.07) is 6.00. The summed E-state index contributed by atoms with van der Waals surface area (Å²) in [5.41, 5.74) is 2.36. The van der Waals surface area contributed by atoms with E-state index in [4.69, 9.17) is 5.41 Å². The number of carbonyl (C=O) groups excluding carboxylic acids is 1. The number of hydrogen-bond acceptors (Lipinski definition) is 6. The first-order valence-corrected chi connectivity index (χ1v) is 8.22. The maximum Gasteiger partial charge on any atom is 0.269 e. The summed E-state index contributed by atoms with van der Waals surface area (Å²) in [7, 11) is 1.75. The largest absolute Gasteiger partial charge is 0.347 e. The van der Waals surface area contributed by atoms with Gasteiger partial charge in [0.1, 0.15) is 5.69 Å². The van der Waals surface area contributed by atoms with Crippen LogP contribution in [0.3, 0.4) is 0 Å². The predicted molar refractivity (Wildman–Crippen MR) is 95.5 cm³/mol. The van der Waals surface area contributed by atoms with E-state index in [0.29, 0.717) is 16.9 Å². The fourth-order valence-corrected chi connectivity index (χ4v) is 3.59. The number of aryl methyl sites for hydroxylation is 2. The lowest BCUT2D eigenvalue weighted by Gasteiger charge is -2.08. The molecule has 0 aliphatic rings. The number of benzene rings is 1. The highest BCUT2D eigenvalue weighted by atomic mass is 32.1. The van der Waals surface area contributed by atoms with Gasteiger partial charge in [-0.05, 0) is 12.5 Å². The lowest BCUT2D eigenvalue weighted by molar-refractivity contribution is -0.384. The fourth-order valence-electron chi connectivity index (χ4n) is 2.62. The molecule has 1 aromatic carbocycles. The normalized spacial score (nSPS) is 10.8. The van der Waals surface area contributed by atoms with Gasteiger partial charge >= 0.3 is 0 Å². The SMILES string of the molecule is Cc1nc2c(s1)c(C=N)c(C(=O)NCc1ccc([N+](=O)[O-])cc1)n2C. The van der Waals surface area contributed by atoms with E-state index in [1.54, 1.807) is 23.7 Å². The van der Waals surface area contributed by atoms with Gasteiger partial charge in [0.05, 0.1) is 14.6 Å². The highest BCUT2D eigenvalue weighted by Crippen LogP contribution is 2.29. The minimum absolute atomic E-state index is 0.00489. The molecule has 0 saturated carbocycles. The van der Waals surface area contributed by atoms with E-state index in [0.717, 1.165) is 15.3 Å². The smallest absolute Gasteiger partial charge is 0.269 e. The van der Waals surface area contributed by atoms with Crippen molar-refractivity contribution >= 4 is 39.5 Å². The summed E-state index contributed by atoms with van der Waals surface area (Å²) in [6.45, 7) is 2.12. The number of non-ortho nitro benzene ring substituents is 1. The van der Waals surface area contributed by atoms with Gasteiger partial charge in [-0.2, -0.15) is 0 Å². The van der Waals surface area contributed by atoms with E-state index in [1.807, 2.05) is 6.92 Å². The highest BCUT2D eigenvalue weighted by molar-refractivity contribution is 7.18. The van der Waals surface area contributed by atoms with Crippen molar-refractivity contribution in [3.63, 3.8) is 0 Å². The van der Waals surface area contributed by atoms with Crippen molar-refractivity contribution in [3.05, 3.63) is 56.2 Å². The van der Waals surface area contributed by atoms with Crippen molar-refractivity contribution in [2.24, 2.45) is 7.05 Å². The van der Waals surface area contributed by atoms with Crippen LogP contribution < -0.4 is 5.32 Å². The Morgan fingerprint density at radius 3 is 2.72 bits per heavy atom. The molecule has 9 heteroatoms. The van der Waals surface area contributed by atoms with Crippen molar-refractivity contribution in [1.82, 2.24) is 14.9 Å². The molecule has 0 aliphatic heterocycles. The summed E-state index contributed by atoms with van der Waals surface area (Å²) >= 11 is 1.45. The number of carbonyl (C=O) groups is 1. The topological polar surface area (TPSA) is 114 Å². The monoisotopic (exact) mass is 357 g/mol. The second-order valence-electron chi connectivity index (χ2n) is 5.46. The fraction of sp³-hybridized carbons (Fsp3) is 0.188. The minimum Gasteiger partial charge on any atom is -0.347 e. The standard InChI is InChI=1S/C16H15N5O3S/c1-9-19-15-14(25-9)12(7-17)13(20(15)2)16(22)18-8-10-3-5-11(6-4-10)21(23)24/h3-7,17H,8H2,1-2H3,(H,18,22). The molecule has 25 heavy (non-hydrogen) atoms. The Balaban J connectivity index is 1.82. The highest BCUT2D eigenvalue weighted by Gasteiger charge is 2.22. The Bertz CT molecular complexity index is 988. The van der Waals surface area contributed by atoms with E-state index in [-0.39, 0.29) is 18.1 Å². The molecule has 2 N–H and O–H groups in total. The van der Waals surface area contributed by atoms with E-state index < -0.39 is 4.92 Å². The van der Waals surface area contributed by atoms with Gasteiger partial charge in [-0.1, -0.05) is 12.1 Å². The number of amides is 1. The van der Waals surface area contributed by atoms with Crippen LogP contribution in [0, 0.1) is 22.4 Å². The molecule has 1 amide bonds. The number of fused-ring (bicyclic) bond motifs is 1. The quantitative estimate of drug-likeness (QED) is 0.415. The number of aromatic nitrogens is 2. The summed E-state index contributed by atoms with van der Waals surface area (Å²) < 4.78 is 2.50. The average Bonchev–Trinajstić information content (AvgIpc) is 3.09. The summed E-state index contributed by atoms with van der Waals surface area (Å²) in [5.74, 6) is -0.317. The second kappa shape index (κ2) is 6.44. The molecule has 3 aromatic rings. The number of nitrogens with zero attached hydrogens (tertiary/aromatic N) is 3. The van der Waals surface area contributed by atoms with Crippen molar-refractivity contribution < 1.29 is 9.72 Å². The minimum atomic E-state index is -0.468. The summed E-state index contributed by atoms with van der Waals surface area (Å²) in [6.07, 6.45) is 1.17. The first-order chi connectivity index (χ1) is 11.9. The molecule has 2 aromatic heterocycles. The zero-order chi connectivity index (χ0) is 18.1. The molecular formula is C16H15N5O3S. The van der Waals surface area contributed by atoms with Gasteiger partial charge in [0.2, 0.25) is 0 Å². The summed E-state index contributed by atoms with van der Waals surface area (Å²) in [5, 5.41) is 22.0. The molecular weight excluding hydrogens is 342 g/mol. The third kappa shape index (κ3) is 3.01. The Morgan fingerprint density at radius 1 is 1.44 bits per heavy atom. The van der Waals surface area contributed by atoms with Crippen molar-refractivity contribution in [1.29, 1.82) is 5.41 Å². The Kier molecular flexibility index (Phi) is 4.32. The molecule has 0 bridgehead atoms. The molecule has 2 heterocycles. The van der Waals surface area contributed by atoms with Crippen LogP contribution in [0.1, 0.15) is 26.6 Å². The van der Waals surface area contributed by atoms with E-state index in [1.165, 1.54) is 29.7 Å². The van der Waals surface area contributed by atoms with Crippen molar-refractivity contribution in [2.45, 2.75) is 13.5 Å². The van der Waals surface area contributed by atoms with Crippen LogP contribution in [-0.2, 0) is 13.6 Å². The number of nitro benzene ring substituents is 1. The third-order valence-corrected chi connectivity index (χ3v) is 4.82. The van der Waals surface area contributed by atoms with Gasteiger partial charge in [-0.25, -0.2) is 4.98 Å². The van der Waals surface area contributed by atoms with Gasteiger partial charge < -0.3 is 15.3 Å². The number of thiazole rings is 1. The maximum atomic E-state index is 12.6. The van der Waals surface area contributed by atoms with Crippen molar-refractivity contribution in [3.8, 4) is 0 Å². The van der Waals surface area contributed by atoms with Gasteiger partial charge in [0.15, 0.2) is 5.65 Å². The second-order valence-corrected chi connectivity index (χ2v) is 6.66. The molecule has 8 nitrogen and oxygen atoms in total. The van der Waals surface area contributed by atoms with Gasteiger partial charge in [-0.3, -0.25) is 14.9 Å². The molecule has 0 unspecified atom stereocenters. The van der Waals surface area contributed by atoms with Crippen LogP contribution in [-0.4, -0.2) is 26.6 Å². The van der Waals surface area contributed by atoms with E-state index in [2.05, 4.69) is 10.3 Å². The van der Waals surface area contributed by atoms with Crippen LogP contribution in [0.5, 0.6) is 0 Å². The van der Waals surface area contributed by atoms with Crippen LogP contribution >= 0.6 is 11.3 Å². The predicted octanol–water partition coefficient (Wildman–Crippen LogP) is 2.78. The van der Waals surface area contributed by atoms with Crippen molar-refractivity contribution in [2.75, 3.05) is 0 Å². The zero-order valence-corrected chi connectivity index (χ0v) is 14.4. The first kappa shape index (κ1) is 16.8. The molecule has 128 valence electrons. The van der Waals surface area contributed by atoms with Gasteiger partial charge in [0, 0.05) is 37.5 Å². The molecule has 0 aliphatic carbocycles. The van der Waals surface area contributed by atoms with Crippen LogP contribution in [0.4, 0.5) is 5.69 Å². The molecule has 0 spiro atoms. The molecule has 0 fully saturated rings. The summed E-state index contributed by atoms with van der Waals surface area (Å²) in [4.78, 5) is 27.2. The first-order valence-electron chi connectivity index (χ1n) is 7.40. The Labute approximate surface area is 146 Å². The van der Waals surface area contributed by atoms with Crippen LogP contribution in [0.25, 0.3) is 10.3 Å². The Hall–Kier alpha value is -3.07. The molecule has 0 radical (unpaired) electrons. The molecule has 0 atom stereocenters. The molecule has 3 rings (SSSR count). The number of hydrogen-bond donors (Lipinski definition) is 2. The van der Waals surface area contributed by atoms with Crippen LogP contribution in [0.2, 0.25) is 0 Å². The number of nitrogens with one attached hydrogen (secondary N) is 2. The molecule has 0 saturated heterocycles. The lowest BCUT2D eigenvalue weighted by Crippen LogP contribution is -2.26. The zero-order valence-electron chi connectivity index (χ0n) is 13.6. The number of rotatable bonds is 5. The van der Waals surface area contributed by atoms with E-state index >= 15 is 0 Å². The van der Waals surface area contributed by atoms with E-state index in [9.17, 15) is 14.9 Å².